The van der Waals surface area contributed by atoms with Crippen LogP contribution in [0.1, 0.15) is 23.2 Å². The summed E-state index contributed by atoms with van der Waals surface area (Å²) in [5.74, 6) is -0.148. The average molecular weight is 314 g/mol. The fourth-order valence-electron chi connectivity index (χ4n) is 2.56. The van der Waals surface area contributed by atoms with Gasteiger partial charge < -0.3 is 19.1 Å². The lowest BCUT2D eigenvalue weighted by Gasteiger charge is -2.39. The zero-order chi connectivity index (χ0) is 15.5. The van der Waals surface area contributed by atoms with E-state index in [9.17, 15) is 4.79 Å². The SMILES string of the molecule is COc1ccc(Cl)cc1C(=O)N1CCC(OC)(OC)CC1. The number of benzene rings is 1. The maximum atomic E-state index is 12.6. The van der Waals surface area contributed by atoms with Gasteiger partial charge in [-0.05, 0) is 18.2 Å². The number of amides is 1. The Morgan fingerprint density at radius 3 is 2.33 bits per heavy atom. The van der Waals surface area contributed by atoms with Crippen molar-refractivity contribution in [2.45, 2.75) is 18.6 Å². The van der Waals surface area contributed by atoms with Crippen LogP contribution in [0.15, 0.2) is 18.2 Å². The molecule has 0 saturated carbocycles. The smallest absolute Gasteiger partial charge is 0.257 e. The molecule has 2 rings (SSSR count). The van der Waals surface area contributed by atoms with Gasteiger partial charge in [0.05, 0.1) is 12.7 Å². The van der Waals surface area contributed by atoms with Gasteiger partial charge in [0.1, 0.15) is 5.75 Å². The lowest BCUT2D eigenvalue weighted by Crippen LogP contribution is -2.48. The van der Waals surface area contributed by atoms with E-state index in [2.05, 4.69) is 0 Å². The second-order valence-electron chi connectivity index (χ2n) is 4.96. The predicted octanol–water partition coefficient (Wildman–Crippen LogP) is 2.57. The minimum atomic E-state index is -0.588. The molecule has 6 heteroatoms. The number of likely N-dealkylation sites (tertiary alicyclic amines) is 1. The molecule has 21 heavy (non-hydrogen) atoms. The molecule has 0 aromatic heterocycles. The van der Waals surface area contributed by atoms with Crippen molar-refractivity contribution in [2.75, 3.05) is 34.4 Å². The lowest BCUT2D eigenvalue weighted by molar-refractivity contribution is -0.226. The normalized spacial score (nSPS) is 17.6. The standard InChI is InChI=1S/C15H20ClNO4/c1-19-13-5-4-11(16)10-12(13)14(18)17-8-6-15(20-2,21-3)7-9-17/h4-5,10H,6-9H2,1-3H3. The highest BCUT2D eigenvalue weighted by molar-refractivity contribution is 6.31. The summed E-state index contributed by atoms with van der Waals surface area (Å²) >= 11 is 5.98. The highest BCUT2D eigenvalue weighted by atomic mass is 35.5. The van der Waals surface area contributed by atoms with Gasteiger partial charge in [-0.3, -0.25) is 4.79 Å². The molecular formula is C15H20ClNO4. The van der Waals surface area contributed by atoms with Gasteiger partial charge in [0.2, 0.25) is 0 Å². The summed E-state index contributed by atoms with van der Waals surface area (Å²) in [7, 11) is 4.79. The van der Waals surface area contributed by atoms with E-state index in [1.54, 1.807) is 37.3 Å². The lowest BCUT2D eigenvalue weighted by atomic mass is 10.0. The number of ether oxygens (including phenoxy) is 3. The Morgan fingerprint density at radius 2 is 1.81 bits per heavy atom. The first kappa shape index (κ1) is 16.1. The van der Waals surface area contributed by atoms with E-state index in [4.69, 9.17) is 25.8 Å². The van der Waals surface area contributed by atoms with Gasteiger partial charge >= 0.3 is 0 Å². The second-order valence-corrected chi connectivity index (χ2v) is 5.39. The van der Waals surface area contributed by atoms with E-state index in [1.165, 1.54) is 7.11 Å². The van der Waals surface area contributed by atoms with Crippen LogP contribution in [0.2, 0.25) is 5.02 Å². The molecule has 1 aromatic rings. The topological polar surface area (TPSA) is 48.0 Å². The molecular weight excluding hydrogens is 294 g/mol. The molecule has 5 nitrogen and oxygen atoms in total. The van der Waals surface area contributed by atoms with Crippen LogP contribution >= 0.6 is 11.6 Å². The maximum Gasteiger partial charge on any atom is 0.257 e. The third kappa shape index (κ3) is 3.31. The molecule has 0 atom stereocenters. The van der Waals surface area contributed by atoms with Crippen molar-refractivity contribution in [2.24, 2.45) is 0 Å². The zero-order valence-corrected chi connectivity index (χ0v) is 13.3. The quantitative estimate of drug-likeness (QED) is 0.802. The first-order chi connectivity index (χ1) is 10.0. The molecule has 0 aliphatic carbocycles. The van der Waals surface area contributed by atoms with Crippen LogP contribution < -0.4 is 4.74 Å². The van der Waals surface area contributed by atoms with Crippen molar-refractivity contribution in [3.63, 3.8) is 0 Å². The number of nitrogens with zero attached hydrogens (tertiary/aromatic N) is 1. The number of piperidine rings is 1. The van der Waals surface area contributed by atoms with Gasteiger partial charge in [-0.1, -0.05) is 11.6 Å². The van der Waals surface area contributed by atoms with E-state index in [0.29, 0.717) is 42.3 Å². The summed E-state index contributed by atoms with van der Waals surface area (Å²) < 4.78 is 16.1. The number of rotatable bonds is 4. The monoisotopic (exact) mass is 313 g/mol. The van der Waals surface area contributed by atoms with Crippen molar-refractivity contribution in [3.05, 3.63) is 28.8 Å². The number of halogens is 1. The highest BCUT2D eigenvalue weighted by Crippen LogP contribution is 2.29. The molecule has 116 valence electrons. The van der Waals surface area contributed by atoms with Gasteiger partial charge in [-0.15, -0.1) is 0 Å². The van der Waals surface area contributed by atoms with Crippen molar-refractivity contribution in [1.82, 2.24) is 4.90 Å². The first-order valence-electron chi connectivity index (χ1n) is 6.78. The van der Waals surface area contributed by atoms with E-state index in [-0.39, 0.29) is 5.91 Å². The molecule has 1 aromatic carbocycles. The largest absolute Gasteiger partial charge is 0.496 e. The van der Waals surface area contributed by atoms with Gasteiger partial charge in [-0.2, -0.15) is 0 Å². The minimum absolute atomic E-state index is 0.0878. The van der Waals surface area contributed by atoms with E-state index >= 15 is 0 Å². The summed E-state index contributed by atoms with van der Waals surface area (Å²) in [6.07, 6.45) is 1.27. The Morgan fingerprint density at radius 1 is 1.19 bits per heavy atom. The summed E-state index contributed by atoms with van der Waals surface area (Å²) in [5, 5.41) is 0.513. The molecule has 0 bridgehead atoms. The van der Waals surface area contributed by atoms with Crippen LogP contribution in [0.25, 0.3) is 0 Å². The summed E-state index contributed by atoms with van der Waals surface area (Å²) in [5.41, 5.74) is 0.479. The minimum Gasteiger partial charge on any atom is -0.496 e. The third-order valence-electron chi connectivity index (χ3n) is 3.95. The first-order valence-corrected chi connectivity index (χ1v) is 7.16. The Bertz CT molecular complexity index is 506. The average Bonchev–Trinajstić information content (AvgIpc) is 2.54. The van der Waals surface area contributed by atoms with E-state index in [1.807, 2.05) is 0 Å². The van der Waals surface area contributed by atoms with Gasteiger partial charge in [-0.25, -0.2) is 0 Å². The van der Waals surface area contributed by atoms with Crippen LogP contribution in [0.5, 0.6) is 5.75 Å². The number of methoxy groups -OCH3 is 3. The van der Waals surface area contributed by atoms with Crippen LogP contribution in [-0.4, -0.2) is 51.0 Å². The maximum absolute atomic E-state index is 12.6. The van der Waals surface area contributed by atoms with Crippen molar-refractivity contribution in [3.8, 4) is 5.75 Å². The summed E-state index contributed by atoms with van der Waals surface area (Å²) in [4.78, 5) is 14.4. The van der Waals surface area contributed by atoms with Crippen LogP contribution in [-0.2, 0) is 9.47 Å². The molecule has 1 saturated heterocycles. The molecule has 0 radical (unpaired) electrons. The molecule has 1 heterocycles. The number of carbonyl (C=O) groups is 1. The Labute approximate surface area is 129 Å². The van der Waals surface area contributed by atoms with E-state index < -0.39 is 5.79 Å². The molecule has 0 N–H and O–H groups in total. The highest BCUT2D eigenvalue weighted by Gasteiger charge is 2.36. The molecule has 1 amide bonds. The number of hydrogen-bond donors (Lipinski definition) is 0. The number of hydrogen-bond acceptors (Lipinski definition) is 4. The van der Waals surface area contributed by atoms with Crippen molar-refractivity contribution in [1.29, 1.82) is 0 Å². The fraction of sp³-hybridized carbons (Fsp3) is 0.533. The van der Waals surface area contributed by atoms with Gasteiger partial charge in [0, 0.05) is 45.2 Å². The molecule has 1 aliphatic heterocycles. The molecule has 0 unspecified atom stereocenters. The van der Waals surface area contributed by atoms with Crippen LogP contribution in [0.3, 0.4) is 0 Å². The molecule has 1 aliphatic rings. The Hall–Kier alpha value is -1.30. The third-order valence-corrected chi connectivity index (χ3v) is 4.18. The van der Waals surface area contributed by atoms with E-state index in [0.717, 1.165) is 0 Å². The van der Waals surface area contributed by atoms with Crippen molar-refractivity contribution < 1.29 is 19.0 Å². The molecule has 0 spiro atoms. The molecule has 1 fully saturated rings. The van der Waals surface area contributed by atoms with Gasteiger partial charge in [0.15, 0.2) is 5.79 Å². The van der Waals surface area contributed by atoms with Crippen LogP contribution in [0.4, 0.5) is 0 Å². The Kier molecular flexibility index (Phi) is 5.08. The number of carbonyl (C=O) groups excluding carboxylic acids is 1. The predicted molar refractivity (Wildman–Crippen MR) is 79.9 cm³/mol. The van der Waals surface area contributed by atoms with Crippen LogP contribution in [0, 0.1) is 0 Å². The second kappa shape index (κ2) is 6.64. The summed E-state index contributed by atoms with van der Waals surface area (Å²) in [6.45, 7) is 1.13. The zero-order valence-electron chi connectivity index (χ0n) is 12.5. The summed E-state index contributed by atoms with van der Waals surface area (Å²) in [6, 6.07) is 5.04. The van der Waals surface area contributed by atoms with Gasteiger partial charge in [0.25, 0.3) is 5.91 Å². The Balaban J connectivity index is 2.14. The fourth-order valence-corrected chi connectivity index (χ4v) is 2.73. The van der Waals surface area contributed by atoms with Crippen molar-refractivity contribution >= 4 is 17.5 Å².